The number of hydrogen-bond acceptors (Lipinski definition) is 3. The maximum absolute atomic E-state index is 8.56. The number of aryl methyl sites for hydroxylation is 1. The van der Waals surface area contributed by atoms with E-state index < -0.39 is 8.38 Å². The second-order valence-corrected chi connectivity index (χ2v) is 3.46. The van der Waals surface area contributed by atoms with Crippen LogP contribution in [-0.4, -0.2) is 16.1 Å². The predicted octanol–water partition coefficient (Wildman–Crippen LogP) is 1.63. The topological polar surface area (TPSA) is 49.7 Å². The van der Waals surface area contributed by atoms with Crippen molar-refractivity contribution in [3.05, 3.63) is 29.8 Å². The van der Waals surface area contributed by atoms with Gasteiger partial charge in [-0.3, -0.25) is 0 Å². The van der Waals surface area contributed by atoms with Crippen molar-refractivity contribution in [2.75, 3.05) is 6.35 Å². The van der Waals surface area contributed by atoms with Crippen molar-refractivity contribution in [1.29, 1.82) is 0 Å². The molecule has 12 heavy (non-hydrogen) atoms. The van der Waals surface area contributed by atoms with E-state index in [0.29, 0.717) is 5.75 Å². The van der Waals surface area contributed by atoms with Gasteiger partial charge in [-0.15, -0.1) is 0 Å². The van der Waals surface area contributed by atoms with Crippen molar-refractivity contribution in [2.45, 2.75) is 6.92 Å². The highest BCUT2D eigenvalue weighted by Crippen LogP contribution is 2.24. The fourth-order valence-corrected chi connectivity index (χ4v) is 1.03. The summed E-state index contributed by atoms with van der Waals surface area (Å²) in [5.41, 5.74) is 1.15. The van der Waals surface area contributed by atoms with Crippen LogP contribution in [0, 0.1) is 6.92 Å². The first-order valence-corrected chi connectivity index (χ1v) is 4.96. The van der Waals surface area contributed by atoms with E-state index in [1.165, 1.54) is 0 Å². The number of hydrogen-bond donors (Lipinski definition) is 2. The summed E-state index contributed by atoms with van der Waals surface area (Å²) in [7, 11) is -1.95. The van der Waals surface area contributed by atoms with E-state index in [4.69, 9.17) is 14.5 Å². The van der Waals surface area contributed by atoms with Gasteiger partial charge < -0.3 is 14.5 Å². The molecule has 66 valence electrons. The molecule has 1 aromatic rings. The summed E-state index contributed by atoms with van der Waals surface area (Å²) in [6.07, 6.45) is -0.0294. The maximum atomic E-state index is 8.56. The minimum Gasteiger partial charge on any atom is -0.484 e. The molecule has 3 nitrogen and oxygen atoms in total. The quantitative estimate of drug-likeness (QED) is 0.705. The minimum absolute atomic E-state index is 0.0294. The van der Waals surface area contributed by atoms with E-state index in [-0.39, 0.29) is 6.35 Å². The summed E-state index contributed by atoms with van der Waals surface area (Å²) >= 11 is 0. The molecular formula is C8H11O3P. The average Bonchev–Trinajstić information content (AvgIpc) is 2.03. The summed E-state index contributed by atoms with van der Waals surface area (Å²) in [5, 5.41) is 0. The first-order valence-electron chi connectivity index (χ1n) is 3.53. The normalized spacial score (nSPS) is 10.3. The molecule has 0 bridgehead atoms. The van der Waals surface area contributed by atoms with Crippen molar-refractivity contribution >= 4 is 8.38 Å². The van der Waals surface area contributed by atoms with Gasteiger partial charge >= 0.3 is 0 Å². The molecule has 0 atom stereocenters. The summed E-state index contributed by atoms with van der Waals surface area (Å²) in [6.45, 7) is 1.98. The van der Waals surface area contributed by atoms with Crippen LogP contribution in [0.3, 0.4) is 0 Å². The fourth-order valence-electron chi connectivity index (χ4n) is 0.767. The Bertz CT molecular complexity index is 233. The van der Waals surface area contributed by atoms with Gasteiger partial charge in [0.05, 0.1) is 0 Å². The van der Waals surface area contributed by atoms with E-state index >= 15 is 0 Å². The molecule has 0 aliphatic heterocycles. The molecule has 0 heterocycles. The fraction of sp³-hybridized carbons (Fsp3) is 0.250. The number of ether oxygens (including phenoxy) is 1. The Morgan fingerprint density at radius 3 is 2.33 bits per heavy atom. The van der Waals surface area contributed by atoms with Crippen LogP contribution in [0.15, 0.2) is 24.3 Å². The van der Waals surface area contributed by atoms with E-state index in [0.717, 1.165) is 5.56 Å². The Labute approximate surface area is 72.5 Å². The Morgan fingerprint density at radius 2 is 1.83 bits per heavy atom. The molecule has 2 N–H and O–H groups in total. The minimum atomic E-state index is -1.95. The Kier molecular flexibility index (Phi) is 3.48. The largest absolute Gasteiger partial charge is 0.484 e. The first-order chi connectivity index (χ1) is 5.68. The molecule has 0 aromatic heterocycles. The monoisotopic (exact) mass is 186 g/mol. The molecule has 0 unspecified atom stereocenters. The lowest BCUT2D eigenvalue weighted by Crippen LogP contribution is -1.94. The standard InChI is InChI=1S/C8H11O3P/c1-7-2-4-8(5-3-7)11-6-12(9)10/h2-5,9-10H,6H2,1H3. The van der Waals surface area contributed by atoms with E-state index in [9.17, 15) is 0 Å². The predicted molar refractivity (Wildman–Crippen MR) is 48.0 cm³/mol. The van der Waals surface area contributed by atoms with Crippen molar-refractivity contribution in [2.24, 2.45) is 0 Å². The molecule has 0 saturated carbocycles. The lowest BCUT2D eigenvalue weighted by molar-refractivity contribution is 0.347. The van der Waals surface area contributed by atoms with Gasteiger partial charge in [-0.25, -0.2) is 0 Å². The third-order valence-electron chi connectivity index (χ3n) is 1.37. The second kappa shape index (κ2) is 4.41. The van der Waals surface area contributed by atoms with Crippen molar-refractivity contribution in [3.63, 3.8) is 0 Å². The molecule has 0 amide bonds. The van der Waals surface area contributed by atoms with Gasteiger partial charge in [-0.2, -0.15) is 0 Å². The molecule has 1 rings (SSSR count). The van der Waals surface area contributed by atoms with Gasteiger partial charge in [0.1, 0.15) is 5.75 Å². The number of rotatable bonds is 3. The molecular weight excluding hydrogens is 175 g/mol. The van der Waals surface area contributed by atoms with Gasteiger partial charge in [0.15, 0.2) is 6.35 Å². The van der Waals surface area contributed by atoms with Crippen LogP contribution in [0.25, 0.3) is 0 Å². The third-order valence-corrected chi connectivity index (χ3v) is 1.73. The maximum Gasteiger partial charge on any atom is 0.205 e. The molecule has 0 saturated heterocycles. The Morgan fingerprint density at radius 1 is 1.25 bits per heavy atom. The highest BCUT2D eigenvalue weighted by molar-refractivity contribution is 7.44. The van der Waals surface area contributed by atoms with Gasteiger partial charge in [0.2, 0.25) is 8.38 Å². The summed E-state index contributed by atoms with van der Waals surface area (Å²) < 4.78 is 5.05. The van der Waals surface area contributed by atoms with Gasteiger partial charge in [-0.05, 0) is 19.1 Å². The van der Waals surface area contributed by atoms with Crippen LogP contribution in [0.1, 0.15) is 5.56 Å². The molecule has 0 spiro atoms. The molecule has 0 aliphatic carbocycles. The molecule has 4 heteroatoms. The van der Waals surface area contributed by atoms with Crippen molar-refractivity contribution in [1.82, 2.24) is 0 Å². The van der Waals surface area contributed by atoms with Crippen LogP contribution in [0.4, 0.5) is 0 Å². The Balaban J connectivity index is 2.48. The lowest BCUT2D eigenvalue weighted by Gasteiger charge is -2.06. The Hall–Kier alpha value is -0.630. The summed E-state index contributed by atoms with van der Waals surface area (Å²) in [4.78, 5) is 17.1. The summed E-state index contributed by atoms with van der Waals surface area (Å²) in [5.74, 6) is 0.663. The average molecular weight is 186 g/mol. The van der Waals surface area contributed by atoms with Crippen molar-refractivity contribution in [3.8, 4) is 5.75 Å². The van der Waals surface area contributed by atoms with Gasteiger partial charge in [-0.1, -0.05) is 17.7 Å². The molecule has 0 aliphatic rings. The summed E-state index contributed by atoms with van der Waals surface area (Å²) in [6, 6.07) is 7.42. The van der Waals surface area contributed by atoms with Crippen LogP contribution in [0.5, 0.6) is 5.75 Å². The zero-order valence-corrected chi connectivity index (χ0v) is 7.66. The zero-order valence-electron chi connectivity index (χ0n) is 6.77. The third kappa shape index (κ3) is 3.18. The van der Waals surface area contributed by atoms with Gasteiger partial charge in [0, 0.05) is 0 Å². The second-order valence-electron chi connectivity index (χ2n) is 2.46. The van der Waals surface area contributed by atoms with Crippen LogP contribution in [-0.2, 0) is 0 Å². The highest BCUT2D eigenvalue weighted by atomic mass is 31.2. The highest BCUT2D eigenvalue weighted by Gasteiger charge is 1.98. The van der Waals surface area contributed by atoms with Crippen LogP contribution >= 0.6 is 8.38 Å². The molecule has 0 radical (unpaired) electrons. The lowest BCUT2D eigenvalue weighted by atomic mass is 10.2. The van der Waals surface area contributed by atoms with E-state index in [1.807, 2.05) is 19.1 Å². The van der Waals surface area contributed by atoms with E-state index in [2.05, 4.69) is 0 Å². The van der Waals surface area contributed by atoms with Gasteiger partial charge in [0.25, 0.3) is 0 Å². The molecule has 0 fully saturated rings. The number of benzene rings is 1. The zero-order chi connectivity index (χ0) is 8.97. The SMILES string of the molecule is Cc1ccc(OCP(O)O)cc1. The van der Waals surface area contributed by atoms with Crippen molar-refractivity contribution < 1.29 is 14.5 Å². The van der Waals surface area contributed by atoms with Crippen LogP contribution in [0.2, 0.25) is 0 Å². The first kappa shape index (κ1) is 9.46. The molecule has 1 aromatic carbocycles. The van der Waals surface area contributed by atoms with E-state index in [1.54, 1.807) is 12.1 Å². The van der Waals surface area contributed by atoms with Crippen LogP contribution < -0.4 is 4.74 Å². The smallest absolute Gasteiger partial charge is 0.205 e.